The molecule has 0 radical (unpaired) electrons. The predicted octanol–water partition coefficient (Wildman–Crippen LogP) is 3.15. The van der Waals surface area contributed by atoms with Crippen LogP contribution < -0.4 is 0 Å². The van der Waals surface area contributed by atoms with E-state index in [0.717, 1.165) is 6.54 Å². The maximum Gasteiger partial charge on any atom is 0.260 e. The van der Waals surface area contributed by atoms with E-state index < -0.39 is 5.92 Å². The molecule has 3 heteroatoms. The van der Waals surface area contributed by atoms with Crippen molar-refractivity contribution in [3.05, 3.63) is 0 Å². The SMILES string of the molecule is CC(C)C(C)(C)N1CCCC(F)(F)C1. The lowest BCUT2D eigenvalue weighted by molar-refractivity contribution is -0.0970. The molecular weight excluding hydrogens is 184 g/mol. The lowest BCUT2D eigenvalue weighted by Gasteiger charge is -2.45. The van der Waals surface area contributed by atoms with Crippen LogP contribution in [0.1, 0.15) is 40.5 Å². The minimum Gasteiger partial charge on any atom is -0.292 e. The van der Waals surface area contributed by atoms with Crippen LogP contribution in [-0.2, 0) is 0 Å². The molecule has 84 valence electrons. The van der Waals surface area contributed by atoms with E-state index in [2.05, 4.69) is 27.7 Å². The zero-order valence-corrected chi connectivity index (χ0v) is 9.61. The van der Waals surface area contributed by atoms with Crippen LogP contribution in [0, 0.1) is 5.92 Å². The van der Waals surface area contributed by atoms with Gasteiger partial charge in [0.05, 0.1) is 6.54 Å². The molecule has 0 unspecified atom stereocenters. The summed E-state index contributed by atoms with van der Waals surface area (Å²) in [6.45, 7) is 9.02. The number of rotatable bonds is 2. The second kappa shape index (κ2) is 3.76. The highest BCUT2D eigenvalue weighted by Gasteiger charge is 2.41. The molecule has 1 heterocycles. The highest BCUT2D eigenvalue weighted by Crippen LogP contribution is 2.33. The highest BCUT2D eigenvalue weighted by atomic mass is 19.3. The van der Waals surface area contributed by atoms with Crippen LogP contribution in [0.2, 0.25) is 0 Å². The zero-order chi connectivity index (χ0) is 11.0. The van der Waals surface area contributed by atoms with Gasteiger partial charge in [0.25, 0.3) is 5.92 Å². The summed E-state index contributed by atoms with van der Waals surface area (Å²) < 4.78 is 26.4. The van der Waals surface area contributed by atoms with Gasteiger partial charge < -0.3 is 0 Å². The summed E-state index contributed by atoms with van der Waals surface area (Å²) in [5.41, 5.74) is -0.121. The van der Waals surface area contributed by atoms with Gasteiger partial charge in [0.15, 0.2) is 0 Å². The lowest BCUT2D eigenvalue weighted by atomic mass is 9.86. The maximum atomic E-state index is 13.2. The summed E-state index contributed by atoms with van der Waals surface area (Å²) in [7, 11) is 0. The Hall–Kier alpha value is -0.180. The molecule has 0 atom stereocenters. The van der Waals surface area contributed by atoms with E-state index in [1.165, 1.54) is 0 Å². The number of piperidine rings is 1. The Morgan fingerprint density at radius 2 is 1.86 bits per heavy atom. The first-order chi connectivity index (χ1) is 6.26. The Labute approximate surface area is 85.5 Å². The molecule has 1 aliphatic heterocycles. The van der Waals surface area contributed by atoms with E-state index in [0.29, 0.717) is 12.3 Å². The quantitative estimate of drug-likeness (QED) is 0.669. The van der Waals surface area contributed by atoms with E-state index in [4.69, 9.17) is 0 Å². The molecule has 0 N–H and O–H groups in total. The number of alkyl halides is 2. The Morgan fingerprint density at radius 3 is 2.29 bits per heavy atom. The van der Waals surface area contributed by atoms with Gasteiger partial charge >= 0.3 is 0 Å². The van der Waals surface area contributed by atoms with Gasteiger partial charge in [0, 0.05) is 12.0 Å². The number of likely N-dealkylation sites (tertiary alicyclic amines) is 1. The summed E-state index contributed by atoms with van der Waals surface area (Å²) in [4.78, 5) is 1.93. The fourth-order valence-corrected chi connectivity index (χ4v) is 1.82. The van der Waals surface area contributed by atoms with E-state index in [1.807, 2.05) is 4.90 Å². The summed E-state index contributed by atoms with van der Waals surface area (Å²) >= 11 is 0. The van der Waals surface area contributed by atoms with Crippen molar-refractivity contribution in [2.75, 3.05) is 13.1 Å². The first-order valence-electron chi connectivity index (χ1n) is 5.38. The summed E-state index contributed by atoms with van der Waals surface area (Å²) in [5.74, 6) is -2.08. The van der Waals surface area contributed by atoms with Crippen LogP contribution in [-0.4, -0.2) is 29.5 Å². The largest absolute Gasteiger partial charge is 0.292 e. The van der Waals surface area contributed by atoms with Crippen LogP contribution in [0.15, 0.2) is 0 Å². The van der Waals surface area contributed by atoms with Gasteiger partial charge in [0.2, 0.25) is 0 Å². The maximum absolute atomic E-state index is 13.2. The Bertz CT molecular complexity index is 199. The molecule has 0 bridgehead atoms. The normalized spacial score (nSPS) is 24.2. The van der Waals surface area contributed by atoms with Crippen molar-refractivity contribution in [2.24, 2.45) is 5.92 Å². The number of hydrogen-bond donors (Lipinski definition) is 0. The molecular formula is C11H21F2N. The van der Waals surface area contributed by atoms with Crippen molar-refractivity contribution in [3.63, 3.8) is 0 Å². The van der Waals surface area contributed by atoms with Gasteiger partial charge in [-0.15, -0.1) is 0 Å². The van der Waals surface area contributed by atoms with Gasteiger partial charge in [-0.25, -0.2) is 8.78 Å². The summed E-state index contributed by atoms with van der Waals surface area (Å²) in [6, 6.07) is 0. The van der Waals surface area contributed by atoms with Crippen LogP contribution in [0.25, 0.3) is 0 Å². The molecule has 1 nitrogen and oxygen atoms in total. The third-order valence-electron chi connectivity index (χ3n) is 3.62. The highest BCUT2D eigenvalue weighted by molar-refractivity contribution is 4.90. The van der Waals surface area contributed by atoms with Crippen molar-refractivity contribution >= 4 is 0 Å². The number of nitrogens with zero attached hydrogens (tertiary/aromatic N) is 1. The van der Waals surface area contributed by atoms with Crippen molar-refractivity contribution in [1.29, 1.82) is 0 Å². The molecule has 0 aromatic rings. The molecule has 0 aromatic heterocycles. The van der Waals surface area contributed by atoms with Gasteiger partial charge in [-0.05, 0) is 32.7 Å². The molecule has 1 saturated heterocycles. The average molecular weight is 205 g/mol. The van der Waals surface area contributed by atoms with E-state index >= 15 is 0 Å². The van der Waals surface area contributed by atoms with Crippen LogP contribution in [0.3, 0.4) is 0 Å². The number of hydrogen-bond acceptors (Lipinski definition) is 1. The second-order valence-electron chi connectivity index (χ2n) is 5.19. The van der Waals surface area contributed by atoms with E-state index in [-0.39, 0.29) is 18.5 Å². The second-order valence-corrected chi connectivity index (χ2v) is 5.19. The Balaban J connectivity index is 2.69. The molecule has 0 aliphatic carbocycles. The average Bonchev–Trinajstić information content (AvgIpc) is 2.02. The molecule has 1 fully saturated rings. The Kier molecular flexibility index (Phi) is 3.20. The molecule has 1 aliphatic rings. The zero-order valence-electron chi connectivity index (χ0n) is 9.61. The predicted molar refractivity (Wildman–Crippen MR) is 54.7 cm³/mol. The molecule has 0 saturated carbocycles. The fourth-order valence-electron chi connectivity index (χ4n) is 1.82. The third-order valence-corrected chi connectivity index (χ3v) is 3.62. The smallest absolute Gasteiger partial charge is 0.260 e. The van der Waals surface area contributed by atoms with Crippen LogP contribution >= 0.6 is 0 Å². The standard InChI is InChI=1S/C11H21F2N/c1-9(2)10(3,4)14-7-5-6-11(12,13)8-14/h9H,5-8H2,1-4H3. The topological polar surface area (TPSA) is 3.24 Å². The van der Waals surface area contributed by atoms with Crippen molar-refractivity contribution in [1.82, 2.24) is 4.90 Å². The van der Waals surface area contributed by atoms with Crippen molar-refractivity contribution in [3.8, 4) is 0 Å². The monoisotopic (exact) mass is 205 g/mol. The van der Waals surface area contributed by atoms with Gasteiger partial charge in [-0.2, -0.15) is 0 Å². The fraction of sp³-hybridized carbons (Fsp3) is 1.00. The molecule has 14 heavy (non-hydrogen) atoms. The number of halogens is 2. The first-order valence-corrected chi connectivity index (χ1v) is 5.38. The van der Waals surface area contributed by atoms with Gasteiger partial charge in [0.1, 0.15) is 0 Å². The van der Waals surface area contributed by atoms with Gasteiger partial charge in [-0.1, -0.05) is 13.8 Å². The minimum atomic E-state index is -2.48. The minimum absolute atomic E-state index is 0.0532. The van der Waals surface area contributed by atoms with Crippen molar-refractivity contribution in [2.45, 2.75) is 52.0 Å². The molecule has 0 spiro atoms. The van der Waals surface area contributed by atoms with E-state index in [1.54, 1.807) is 0 Å². The van der Waals surface area contributed by atoms with Gasteiger partial charge in [-0.3, -0.25) is 4.90 Å². The van der Waals surface area contributed by atoms with E-state index in [9.17, 15) is 8.78 Å². The first kappa shape index (κ1) is 11.9. The lowest BCUT2D eigenvalue weighted by Crippen LogP contribution is -2.55. The van der Waals surface area contributed by atoms with Crippen LogP contribution in [0.4, 0.5) is 8.78 Å². The molecule has 0 aromatic carbocycles. The van der Waals surface area contributed by atoms with Crippen LogP contribution in [0.5, 0.6) is 0 Å². The summed E-state index contributed by atoms with van der Waals surface area (Å²) in [5, 5.41) is 0. The summed E-state index contributed by atoms with van der Waals surface area (Å²) in [6.07, 6.45) is 0.667. The molecule has 1 rings (SSSR count). The third kappa shape index (κ3) is 2.44. The Morgan fingerprint density at radius 1 is 1.29 bits per heavy atom. The van der Waals surface area contributed by atoms with Crippen molar-refractivity contribution < 1.29 is 8.78 Å². The molecule has 0 amide bonds.